The monoisotopic (exact) mass is 693 g/mol. The van der Waals surface area contributed by atoms with Crippen molar-refractivity contribution in [3.63, 3.8) is 0 Å². The molecule has 0 aromatic heterocycles. The number of nitrogens with two attached hydrogens (primary N) is 1. The number of ketones is 1. The number of rotatable bonds is 13. The van der Waals surface area contributed by atoms with E-state index in [0.29, 0.717) is 13.0 Å². The van der Waals surface area contributed by atoms with Gasteiger partial charge in [-0.05, 0) is 59.2 Å². The van der Waals surface area contributed by atoms with E-state index in [1.807, 2.05) is 55.4 Å². The number of amides is 5. The Balaban J connectivity index is 1.53. The van der Waals surface area contributed by atoms with Gasteiger partial charge in [-0.2, -0.15) is 0 Å². The molecule has 1 aliphatic heterocycles. The Morgan fingerprint density at radius 3 is 2.02 bits per heavy atom. The molecule has 2 unspecified atom stereocenters. The average molecular weight is 694 g/mol. The summed E-state index contributed by atoms with van der Waals surface area (Å²) >= 11 is 0. The molecule has 0 radical (unpaired) electrons. The van der Waals surface area contributed by atoms with Gasteiger partial charge in [0.1, 0.15) is 12.1 Å². The lowest BCUT2D eigenvalue weighted by atomic mass is 9.84. The molecule has 4 fully saturated rings. The highest BCUT2D eigenvalue weighted by molar-refractivity contribution is 7.91. The van der Waals surface area contributed by atoms with Crippen molar-refractivity contribution in [2.24, 2.45) is 45.7 Å². The Morgan fingerprint density at radius 1 is 0.896 bits per heavy atom. The molecule has 1 heterocycles. The standard InChI is InChI=1S/C35H59N5O7S/c1-33(2,3)19-48(46,47)18-24(21-12-10-9-11-13-21)38-32(45)39-28(34(4,5)6)31(44)40-17-22-25(35(22,7)8)26(40)30(43)37-23(16-20-14-15-20)27(41)29(36)42/h20-26,28H,9-19H2,1-8H3,(H2,36,42)(H,37,43)(H2,38,39,45)/t22?,23?,24-,25+,26+,28-/m1/s1. The molecule has 13 heteroatoms. The summed E-state index contributed by atoms with van der Waals surface area (Å²) in [7, 11) is -3.49. The summed E-state index contributed by atoms with van der Waals surface area (Å²) in [6.45, 7) is 15.5. The van der Waals surface area contributed by atoms with Crippen molar-refractivity contribution in [3.8, 4) is 0 Å². The number of sulfone groups is 1. The number of fused-ring (bicyclic) bond motifs is 1. The molecule has 12 nitrogen and oxygen atoms in total. The van der Waals surface area contributed by atoms with E-state index in [1.165, 1.54) is 4.90 Å². The fourth-order valence-corrected chi connectivity index (χ4v) is 10.5. The van der Waals surface area contributed by atoms with E-state index in [9.17, 15) is 32.4 Å². The maximum atomic E-state index is 14.4. The molecule has 6 atom stereocenters. The zero-order valence-electron chi connectivity index (χ0n) is 30.2. The zero-order chi connectivity index (χ0) is 36.0. The molecule has 5 amide bonds. The van der Waals surface area contributed by atoms with E-state index in [1.54, 1.807) is 0 Å². The maximum absolute atomic E-state index is 14.4. The first kappa shape index (κ1) is 38.1. The molecule has 48 heavy (non-hydrogen) atoms. The predicted octanol–water partition coefficient (Wildman–Crippen LogP) is 2.93. The van der Waals surface area contributed by atoms with E-state index in [2.05, 4.69) is 16.0 Å². The predicted molar refractivity (Wildman–Crippen MR) is 183 cm³/mol. The number of Topliss-reactive ketones (excluding diaryl/α,β-unsaturated/α-hetero) is 1. The number of nitrogens with one attached hydrogen (secondary N) is 3. The fraction of sp³-hybridized carbons (Fsp3) is 0.857. The second-order valence-corrected chi connectivity index (χ2v) is 20.0. The maximum Gasteiger partial charge on any atom is 0.315 e. The molecule has 3 saturated carbocycles. The molecule has 4 aliphatic rings. The SMILES string of the molecule is CC(C)(C)CS(=O)(=O)C[C@@H](NC(=O)N[C@H](C(=O)N1CC2[C@@H]([C@H]1C(=O)NC(CC1CC1)C(=O)C(N)=O)C2(C)C)C(C)(C)C)C1CCCCC1. The minimum atomic E-state index is -3.49. The number of hydrogen-bond donors (Lipinski definition) is 4. The van der Waals surface area contributed by atoms with Gasteiger partial charge in [0.05, 0.1) is 17.5 Å². The zero-order valence-corrected chi connectivity index (χ0v) is 31.0. The van der Waals surface area contributed by atoms with Crippen molar-refractivity contribution in [1.29, 1.82) is 0 Å². The minimum absolute atomic E-state index is 0.000728. The molecule has 0 aromatic rings. The van der Waals surface area contributed by atoms with Crippen molar-refractivity contribution in [3.05, 3.63) is 0 Å². The molecule has 3 aliphatic carbocycles. The van der Waals surface area contributed by atoms with Crippen LogP contribution in [0.5, 0.6) is 0 Å². The van der Waals surface area contributed by atoms with Crippen LogP contribution in [0.1, 0.15) is 107 Å². The summed E-state index contributed by atoms with van der Waals surface area (Å²) in [6, 6.07) is -4.17. The van der Waals surface area contributed by atoms with Crippen LogP contribution in [0, 0.1) is 39.9 Å². The van der Waals surface area contributed by atoms with Gasteiger partial charge >= 0.3 is 6.03 Å². The Bertz CT molecular complexity index is 1370. The van der Waals surface area contributed by atoms with Crippen LogP contribution in [0.3, 0.4) is 0 Å². The van der Waals surface area contributed by atoms with E-state index in [0.717, 1.165) is 44.9 Å². The van der Waals surface area contributed by atoms with Gasteiger partial charge in [-0.1, -0.05) is 87.5 Å². The Morgan fingerprint density at radius 2 is 1.50 bits per heavy atom. The van der Waals surface area contributed by atoms with Crippen molar-refractivity contribution in [2.45, 2.75) is 131 Å². The van der Waals surface area contributed by atoms with Gasteiger partial charge in [-0.3, -0.25) is 19.2 Å². The molecular formula is C35H59N5O7S. The number of carbonyl (C=O) groups is 5. The van der Waals surface area contributed by atoms with Gasteiger partial charge < -0.3 is 26.6 Å². The molecule has 0 aromatic carbocycles. The summed E-state index contributed by atoms with van der Waals surface area (Å²) in [5.74, 6) is -2.89. The van der Waals surface area contributed by atoms with Crippen LogP contribution in [-0.4, -0.2) is 85.1 Å². The number of hydrogen-bond acceptors (Lipinski definition) is 7. The molecule has 1 saturated heterocycles. The number of likely N-dealkylation sites (tertiary alicyclic amines) is 1. The van der Waals surface area contributed by atoms with Gasteiger partial charge in [0, 0.05) is 12.6 Å². The van der Waals surface area contributed by atoms with Gasteiger partial charge in [-0.15, -0.1) is 0 Å². The van der Waals surface area contributed by atoms with Crippen LogP contribution in [-0.2, 0) is 29.0 Å². The fourth-order valence-electron chi connectivity index (χ4n) is 8.14. The minimum Gasteiger partial charge on any atom is -0.363 e. The average Bonchev–Trinajstić information content (AvgIpc) is 3.80. The van der Waals surface area contributed by atoms with Crippen LogP contribution in [0.15, 0.2) is 0 Å². The summed E-state index contributed by atoms with van der Waals surface area (Å²) in [5, 5.41) is 8.60. The first-order chi connectivity index (χ1) is 22.0. The highest BCUT2D eigenvalue weighted by Crippen LogP contribution is 2.65. The topological polar surface area (TPSA) is 185 Å². The Kier molecular flexibility index (Phi) is 11.0. The summed E-state index contributed by atoms with van der Waals surface area (Å²) in [5.41, 5.74) is 3.92. The molecule has 5 N–H and O–H groups in total. The van der Waals surface area contributed by atoms with Crippen LogP contribution < -0.4 is 21.7 Å². The first-order valence-electron chi connectivity index (χ1n) is 17.7. The van der Waals surface area contributed by atoms with Crippen LogP contribution in [0.4, 0.5) is 4.79 Å². The highest BCUT2D eigenvalue weighted by atomic mass is 32.2. The smallest absolute Gasteiger partial charge is 0.315 e. The van der Waals surface area contributed by atoms with E-state index in [-0.39, 0.29) is 40.6 Å². The molecule has 4 rings (SSSR count). The van der Waals surface area contributed by atoms with Gasteiger partial charge in [-0.25, -0.2) is 13.2 Å². The van der Waals surface area contributed by atoms with E-state index >= 15 is 0 Å². The highest BCUT2D eigenvalue weighted by Gasteiger charge is 2.70. The third kappa shape index (κ3) is 9.29. The molecular weight excluding hydrogens is 634 g/mol. The number of piperidine rings is 1. The molecule has 0 spiro atoms. The number of urea groups is 1. The van der Waals surface area contributed by atoms with Crippen molar-refractivity contribution in [1.82, 2.24) is 20.9 Å². The lowest BCUT2D eigenvalue weighted by molar-refractivity contribution is -0.145. The van der Waals surface area contributed by atoms with E-state index in [4.69, 9.17) is 5.73 Å². The Hall–Kier alpha value is -2.70. The van der Waals surface area contributed by atoms with Crippen LogP contribution >= 0.6 is 0 Å². The second-order valence-electron chi connectivity index (χ2n) is 17.9. The van der Waals surface area contributed by atoms with Crippen molar-refractivity contribution in [2.75, 3.05) is 18.1 Å². The number of carbonyl (C=O) groups excluding carboxylic acids is 5. The lowest BCUT2D eigenvalue weighted by Crippen LogP contribution is -2.62. The molecule has 272 valence electrons. The van der Waals surface area contributed by atoms with Crippen molar-refractivity contribution < 1.29 is 32.4 Å². The lowest BCUT2D eigenvalue weighted by Gasteiger charge is -2.38. The summed E-state index contributed by atoms with van der Waals surface area (Å²) in [6.07, 6.45) is 6.80. The van der Waals surface area contributed by atoms with Crippen molar-refractivity contribution >= 4 is 39.4 Å². The Labute approximate surface area is 286 Å². The van der Waals surface area contributed by atoms with Crippen LogP contribution in [0.2, 0.25) is 0 Å². The second kappa shape index (κ2) is 13.9. The third-order valence-electron chi connectivity index (χ3n) is 10.9. The summed E-state index contributed by atoms with van der Waals surface area (Å²) < 4.78 is 26.5. The quantitative estimate of drug-likeness (QED) is 0.214. The number of primary amides is 1. The number of nitrogens with zero attached hydrogens (tertiary/aromatic N) is 1. The molecule has 0 bridgehead atoms. The van der Waals surface area contributed by atoms with Gasteiger partial charge in [0.15, 0.2) is 9.84 Å². The van der Waals surface area contributed by atoms with E-state index < -0.39 is 74.4 Å². The first-order valence-corrected chi connectivity index (χ1v) is 19.6. The summed E-state index contributed by atoms with van der Waals surface area (Å²) in [4.78, 5) is 67.9. The third-order valence-corrected chi connectivity index (χ3v) is 13.1. The van der Waals surface area contributed by atoms with Crippen LogP contribution in [0.25, 0.3) is 0 Å². The van der Waals surface area contributed by atoms with Gasteiger partial charge in [0.2, 0.25) is 17.6 Å². The largest absolute Gasteiger partial charge is 0.363 e. The van der Waals surface area contributed by atoms with Gasteiger partial charge in [0.25, 0.3) is 5.91 Å². The normalized spacial score (nSPS) is 26.1.